The van der Waals surface area contributed by atoms with Crippen LogP contribution in [0, 0.1) is 7.14 Å². The van der Waals surface area contributed by atoms with Crippen LogP contribution in [0.25, 0.3) is 21.8 Å². The predicted octanol–water partition coefficient (Wildman–Crippen LogP) is 3.00. The van der Waals surface area contributed by atoms with E-state index in [-0.39, 0.29) is 40.4 Å². The molecule has 2 N–H and O–H groups in total. The van der Waals surface area contributed by atoms with Gasteiger partial charge in [0.15, 0.2) is 11.5 Å². The van der Waals surface area contributed by atoms with Gasteiger partial charge in [-0.3, -0.25) is 19.1 Å². The molecule has 0 radical (unpaired) electrons. The molecule has 0 aliphatic rings. The number of rotatable bonds is 4. The Labute approximate surface area is 229 Å². The minimum Gasteiger partial charge on any atom is -0.415 e. The lowest BCUT2D eigenvalue weighted by Crippen LogP contribution is -2.26. The van der Waals surface area contributed by atoms with Crippen LogP contribution < -0.4 is 9.47 Å². The lowest BCUT2D eigenvalue weighted by atomic mass is 10.2. The second-order valence-electron chi connectivity index (χ2n) is 6.90. The molecule has 0 saturated carbocycles. The summed E-state index contributed by atoms with van der Waals surface area (Å²) in [6.45, 7) is 0. The fourth-order valence-corrected chi connectivity index (χ4v) is 6.40. The minimum atomic E-state index is -4.64. The molecule has 2 aromatic heterocycles. The number of benzene rings is 2. The SMILES string of the molecule is O=C(Oc1c(I)cc(S(=O)(=O)O)c2cccnc12)C(=O)Oc1c(I)cc(S(=O)(=O)O)c2cccnc12. The minimum absolute atomic E-state index is 0.0479. The van der Waals surface area contributed by atoms with Gasteiger partial charge in [0, 0.05) is 23.2 Å². The van der Waals surface area contributed by atoms with Crippen molar-refractivity contribution in [2.24, 2.45) is 0 Å². The highest BCUT2D eigenvalue weighted by Gasteiger charge is 2.28. The topological polar surface area (TPSA) is 187 Å². The van der Waals surface area contributed by atoms with Crippen LogP contribution in [0.3, 0.4) is 0 Å². The van der Waals surface area contributed by atoms with Crippen molar-refractivity contribution >= 4 is 99.2 Å². The van der Waals surface area contributed by atoms with Gasteiger partial charge in [0.05, 0.1) is 7.14 Å². The van der Waals surface area contributed by atoms with E-state index in [0.29, 0.717) is 0 Å². The van der Waals surface area contributed by atoms with Crippen molar-refractivity contribution in [3.8, 4) is 11.5 Å². The average molecular weight is 756 g/mol. The first-order chi connectivity index (χ1) is 16.8. The summed E-state index contributed by atoms with van der Waals surface area (Å²) < 4.78 is 76.5. The van der Waals surface area contributed by atoms with Gasteiger partial charge in [0.1, 0.15) is 20.8 Å². The van der Waals surface area contributed by atoms with E-state index in [0.717, 1.165) is 12.1 Å². The molecule has 0 saturated heterocycles. The summed E-state index contributed by atoms with van der Waals surface area (Å²) >= 11 is 3.29. The van der Waals surface area contributed by atoms with Crippen LogP contribution >= 0.6 is 45.2 Å². The van der Waals surface area contributed by atoms with Crippen LogP contribution in [0.15, 0.2) is 58.6 Å². The van der Waals surface area contributed by atoms with Crippen molar-refractivity contribution in [1.82, 2.24) is 9.97 Å². The third-order valence-corrected chi connectivity index (χ3v) is 8.03. The van der Waals surface area contributed by atoms with Gasteiger partial charge < -0.3 is 9.47 Å². The van der Waals surface area contributed by atoms with Crippen molar-refractivity contribution < 1.29 is 45.0 Å². The number of fused-ring (bicyclic) bond motifs is 2. The van der Waals surface area contributed by atoms with Crippen molar-refractivity contribution in [3.63, 3.8) is 0 Å². The lowest BCUT2D eigenvalue weighted by Gasteiger charge is -2.13. The van der Waals surface area contributed by atoms with Crippen molar-refractivity contribution in [1.29, 1.82) is 0 Å². The van der Waals surface area contributed by atoms with Crippen LogP contribution in [0.4, 0.5) is 0 Å². The van der Waals surface area contributed by atoms with Gasteiger partial charge in [0.25, 0.3) is 20.2 Å². The summed E-state index contributed by atoms with van der Waals surface area (Å²) in [6, 6.07) is 7.55. The largest absolute Gasteiger partial charge is 0.423 e. The summed E-state index contributed by atoms with van der Waals surface area (Å²) in [5, 5.41) is -0.107. The molecule has 0 atom stereocenters. The van der Waals surface area contributed by atoms with E-state index < -0.39 is 42.0 Å². The summed E-state index contributed by atoms with van der Waals surface area (Å²) in [5.41, 5.74) is -0.227. The number of hydrogen-bond acceptors (Lipinski definition) is 10. The number of aromatic nitrogens is 2. The zero-order valence-corrected chi connectivity index (χ0v) is 23.2. The van der Waals surface area contributed by atoms with Gasteiger partial charge >= 0.3 is 11.9 Å². The normalized spacial score (nSPS) is 12.0. The van der Waals surface area contributed by atoms with Gasteiger partial charge in [-0.1, -0.05) is 0 Å². The van der Waals surface area contributed by atoms with Gasteiger partial charge in [-0.2, -0.15) is 16.8 Å². The highest BCUT2D eigenvalue weighted by atomic mass is 127. The van der Waals surface area contributed by atoms with E-state index in [1.54, 1.807) is 45.2 Å². The first-order valence-electron chi connectivity index (χ1n) is 9.32. The van der Waals surface area contributed by atoms with E-state index in [1.807, 2.05) is 0 Å². The monoisotopic (exact) mass is 756 g/mol. The Balaban J connectivity index is 1.72. The molecular weight excluding hydrogens is 746 g/mol. The Kier molecular flexibility index (Phi) is 7.18. The number of pyridine rings is 2. The van der Waals surface area contributed by atoms with Crippen LogP contribution in [-0.4, -0.2) is 47.8 Å². The molecule has 2 aromatic carbocycles. The van der Waals surface area contributed by atoms with Crippen molar-refractivity contribution in [2.75, 3.05) is 0 Å². The molecular formula is C20H10I2N2O10S2. The van der Waals surface area contributed by atoms with E-state index in [9.17, 15) is 35.5 Å². The fourth-order valence-electron chi connectivity index (χ4n) is 3.20. The summed E-state index contributed by atoms with van der Waals surface area (Å²) in [7, 11) is -9.28. The predicted molar refractivity (Wildman–Crippen MR) is 140 cm³/mol. The number of ether oxygens (including phenoxy) is 2. The van der Waals surface area contributed by atoms with Crippen molar-refractivity contribution in [2.45, 2.75) is 9.79 Å². The highest BCUT2D eigenvalue weighted by molar-refractivity contribution is 14.1. The zero-order chi connectivity index (χ0) is 26.4. The van der Waals surface area contributed by atoms with Gasteiger partial charge in [0.2, 0.25) is 0 Å². The van der Waals surface area contributed by atoms with Crippen LogP contribution in [0.5, 0.6) is 11.5 Å². The molecule has 2 heterocycles. The molecule has 0 unspecified atom stereocenters. The second kappa shape index (κ2) is 9.74. The maximum atomic E-state index is 12.6. The van der Waals surface area contributed by atoms with E-state index >= 15 is 0 Å². The van der Waals surface area contributed by atoms with Gasteiger partial charge in [-0.15, -0.1) is 0 Å². The van der Waals surface area contributed by atoms with Crippen LogP contribution in [-0.2, 0) is 29.8 Å². The first-order valence-corrected chi connectivity index (χ1v) is 14.4. The lowest BCUT2D eigenvalue weighted by molar-refractivity contribution is -0.156. The van der Waals surface area contributed by atoms with Gasteiger partial charge in [-0.05, 0) is 81.6 Å². The van der Waals surface area contributed by atoms with Crippen LogP contribution in [0.2, 0.25) is 0 Å². The van der Waals surface area contributed by atoms with Crippen LogP contribution in [0.1, 0.15) is 0 Å². The fraction of sp³-hybridized carbons (Fsp3) is 0. The Morgan fingerprint density at radius 2 is 1.08 bits per heavy atom. The number of nitrogens with zero attached hydrogens (tertiary/aromatic N) is 2. The number of carbonyl (C=O) groups excluding carboxylic acids is 2. The molecule has 36 heavy (non-hydrogen) atoms. The number of esters is 2. The first kappa shape index (κ1) is 26.5. The Hall–Kier alpha value is -2.52. The third kappa shape index (κ3) is 5.13. The molecule has 0 spiro atoms. The summed E-state index contributed by atoms with van der Waals surface area (Å²) in [5.74, 6) is -3.50. The second-order valence-corrected chi connectivity index (χ2v) is 12.0. The molecule has 0 fully saturated rings. The number of carbonyl (C=O) groups is 2. The van der Waals surface area contributed by atoms with E-state index in [2.05, 4.69) is 9.97 Å². The Morgan fingerprint density at radius 3 is 1.42 bits per heavy atom. The molecule has 16 heteroatoms. The zero-order valence-electron chi connectivity index (χ0n) is 17.2. The molecule has 186 valence electrons. The average Bonchev–Trinajstić information content (AvgIpc) is 2.80. The standard InChI is InChI=1S/C20H10I2N2O10S2/c21-11-7-13(35(27,28)29)9-3-1-5-23-15(9)17(11)33-19(25)20(26)34-18-12(22)8-14(36(30,31)32)10-4-2-6-24-16(10)18/h1-8H,(H,27,28,29)(H,30,31,32). The van der Waals surface area contributed by atoms with Crippen molar-refractivity contribution in [3.05, 3.63) is 55.9 Å². The maximum absolute atomic E-state index is 12.6. The molecule has 4 aromatic rings. The molecule has 12 nitrogen and oxygen atoms in total. The molecule has 0 amide bonds. The third-order valence-electron chi connectivity index (χ3n) is 4.64. The molecule has 4 rings (SSSR count). The molecule has 0 aliphatic heterocycles. The van der Waals surface area contributed by atoms with Gasteiger partial charge in [-0.25, -0.2) is 9.59 Å². The summed E-state index contributed by atoms with van der Waals surface area (Å²) in [4.78, 5) is 32.3. The number of halogens is 2. The van der Waals surface area contributed by atoms with E-state index in [4.69, 9.17) is 9.47 Å². The Bertz CT molecular complexity index is 1680. The smallest absolute Gasteiger partial charge is 0.415 e. The molecule has 0 aliphatic carbocycles. The number of hydrogen-bond donors (Lipinski definition) is 2. The highest BCUT2D eigenvalue weighted by Crippen LogP contribution is 2.36. The quantitative estimate of drug-likeness (QED) is 0.102. The maximum Gasteiger partial charge on any atom is 0.423 e. The van der Waals surface area contributed by atoms with E-state index in [1.165, 1.54) is 36.7 Å². The Morgan fingerprint density at radius 1 is 0.722 bits per heavy atom. The molecule has 0 bridgehead atoms. The summed E-state index contributed by atoms with van der Waals surface area (Å²) in [6.07, 6.45) is 2.58.